The lowest BCUT2D eigenvalue weighted by atomic mass is 10.3. The van der Waals surface area contributed by atoms with Gasteiger partial charge in [0, 0.05) is 0 Å². The summed E-state index contributed by atoms with van der Waals surface area (Å²) >= 11 is 0. The van der Waals surface area contributed by atoms with Crippen molar-refractivity contribution >= 4 is 11.0 Å². The Labute approximate surface area is 93.3 Å². The molecule has 0 amide bonds. The predicted octanol–water partition coefficient (Wildman–Crippen LogP) is 2.48. The van der Waals surface area contributed by atoms with Crippen molar-refractivity contribution in [1.29, 1.82) is 0 Å². The summed E-state index contributed by atoms with van der Waals surface area (Å²) in [6.45, 7) is 0.765. The van der Waals surface area contributed by atoms with Crippen LogP contribution in [0.5, 0.6) is 0 Å². The average molecular weight is 210 g/mol. The van der Waals surface area contributed by atoms with Crippen molar-refractivity contribution in [2.45, 2.75) is 6.54 Å². The van der Waals surface area contributed by atoms with Gasteiger partial charge in [-0.15, -0.1) is 5.10 Å². The predicted molar refractivity (Wildman–Crippen MR) is 63.1 cm³/mol. The summed E-state index contributed by atoms with van der Waals surface area (Å²) in [5.74, 6) is 0. The molecular formula is C13H11N3. The largest absolute Gasteiger partial charge is 0.240 e. The van der Waals surface area contributed by atoms with Gasteiger partial charge in [0.2, 0.25) is 0 Å². The van der Waals surface area contributed by atoms with E-state index in [4.69, 9.17) is 0 Å². The molecule has 3 rings (SSSR count). The zero-order valence-electron chi connectivity index (χ0n) is 8.74. The van der Waals surface area contributed by atoms with Gasteiger partial charge < -0.3 is 0 Å². The van der Waals surface area contributed by atoms with Crippen LogP contribution in [0.2, 0.25) is 0 Å². The van der Waals surface area contributed by atoms with E-state index in [2.05, 4.69) is 22.4 Å². The summed E-state index contributed by atoms with van der Waals surface area (Å²) in [6.07, 6.45) is 0. The molecule has 0 radical (unpaired) electrons. The zero-order valence-corrected chi connectivity index (χ0v) is 8.74. The van der Waals surface area contributed by atoms with Crippen molar-refractivity contribution in [2.75, 3.05) is 0 Å². The number of hydrogen-bond acceptors (Lipinski definition) is 2. The van der Waals surface area contributed by atoms with E-state index in [9.17, 15) is 0 Å². The first-order valence-corrected chi connectivity index (χ1v) is 5.26. The van der Waals surface area contributed by atoms with Crippen LogP contribution < -0.4 is 0 Å². The van der Waals surface area contributed by atoms with Crippen LogP contribution in [0.4, 0.5) is 0 Å². The Morgan fingerprint density at radius 3 is 2.50 bits per heavy atom. The highest BCUT2D eigenvalue weighted by Gasteiger charge is 2.02. The third-order valence-electron chi connectivity index (χ3n) is 2.60. The molecule has 0 aliphatic rings. The molecule has 78 valence electrons. The van der Waals surface area contributed by atoms with E-state index in [1.165, 1.54) is 5.56 Å². The first kappa shape index (κ1) is 9.09. The van der Waals surface area contributed by atoms with Gasteiger partial charge in [-0.2, -0.15) is 0 Å². The molecule has 16 heavy (non-hydrogen) atoms. The Morgan fingerprint density at radius 2 is 1.62 bits per heavy atom. The van der Waals surface area contributed by atoms with Crippen LogP contribution in [0.1, 0.15) is 5.56 Å². The van der Waals surface area contributed by atoms with Crippen molar-refractivity contribution in [1.82, 2.24) is 15.0 Å². The second-order valence-electron chi connectivity index (χ2n) is 3.72. The SMILES string of the molecule is c1ccc([13CH2]n2nnc3ccccc32)cc1. The topological polar surface area (TPSA) is 30.7 Å². The summed E-state index contributed by atoms with van der Waals surface area (Å²) in [5, 5.41) is 8.29. The van der Waals surface area contributed by atoms with Crippen LogP contribution in [-0.4, -0.2) is 15.0 Å². The first-order valence-electron chi connectivity index (χ1n) is 5.26. The van der Waals surface area contributed by atoms with E-state index in [1.807, 2.05) is 47.1 Å². The van der Waals surface area contributed by atoms with Crippen LogP contribution in [0.25, 0.3) is 11.0 Å². The van der Waals surface area contributed by atoms with Gasteiger partial charge >= 0.3 is 0 Å². The molecule has 1 heterocycles. The highest BCUT2D eigenvalue weighted by atomic mass is 15.5. The maximum atomic E-state index is 4.16. The summed E-state index contributed by atoms with van der Waals surface area (Å²) in [6, 6.07) is 18.3. The maximum absolute atomic E-state index is 4.16. The molecule has 0 N–H and O–H groups in total. The maximum Gasteiger partial charge on any atom is 0.113 e. The van der Waals surface area contributed by atoms with Crippen molar-refractivity contribution in [3.63, 3.8) is 0 Å². The van der Waals surface area contributed by atoms with E-state index in [0.717, 1.165) is 17.6 Å². The highest BCUT2D eigenvalue weighted by molar-refractivity contribution is 5.73. The number of aromatic nitrogens is 3. The fraction of sp³-hybridized carbons (Fsp3) is 0.0769. The van der Waals surface area contributed by atoms with Gasteiger partial charge in [-0.3, -0.25) is 0 Å². The van der Waals surface area contributed by atoms with Gasteiger partial charge in [0.25, 0.3) is 0 Å². The molecule has 1 aromatic heterocycles. The first-order chi connectivity index (χ1) is 7.93. The third kappa shape index (κ3) is 1.56. The molecule has 0 unspecified atom stereocenters. The minimum absolute atomic E-state index is 0.765. The second-order valence-corrected chi connectivity index (χ2v) is 3.72. The van der Waals surface area contributed by atoms with Crippen LogP contribution in [0, 0.1) is 0 Å². The lowest BCUT2D eigenvalue weighted by molar-refractivity contribution is 0.670. The number of rotatable bonds is 2. The molecule has 3 aromatic rings. The zero-order chi connectivity index (χ0) is 10.8. The van der Waals surface area contributed by atoms with Crippen molar-refractivity contribution in [2.24, 2.45) is 0 Å². The second kappa shape index (κ2) is 3.77. The van der Waals surface area contributed by atoms with E-state index in [0.29, 0.717) is 0 Å². The number of benzene rings is 2. The Bertz CT molecular complexity index is 599. The van der Waals surface area contributed by atoms with Crippen LogP contribution in [0.15, 0.2) is 54.6 Å². The Hall–Kier alpha value is -2.16. The molecule has 0 spiro atoms. The molecule has 0 fully saturated rings. The molecule has 2 aromatic carbocycles. The average Bonchev–Trinajstić information content (AvgIpc) is 2.74. The molecule has 0 saturated carbocycles. The number of para-hydroxylation sites is 1. The molecule has 0 aliphatic carbocycles. The number of fused-ring (bicyclic) bond motifs is 1. The fourth-order valence-electron chi connectivity index (χ4n) is 1.79. The normalized spacial score (nSPS) is 10.8. The molecule has 0 atom stereocenters. The molecule has 3 nitrogen and oxygen atoms in total. The van der Waals surface area contributed by atoms with Gasteiger partial charge in [0.1, 0.15) is 5.52 Å². The van der Waals surface area contributed by atoms with E-state index < -0.39 is 0 Å². The summed E-state index contributed by atoms with van der Waals surface area (Å²) in [5.41, 5.74) is 3.25. The highest BCUT2D eigenvalue weighted by Crippen LogP contribution is 2.11. The summed E-state index contributed by atoms with van der Waals surface area (Å²) in [7, 11) is 0. The molecular weight excluding hydrogens is 199 g/mol. The minimum atomic E-state index is 0.765. The molecule has 3 heteroatoms. The van der Waals surface area contributed by atoms with E-state index in [-0.39, 0.29) is 0 Å². The Balaban J connectivity index is 2.01. The van der Waals surface area contributed by atoms with E-state index >= 15 is 0 Å². The summed E-state index contributed by atoms with van der Waals surface area (Å²) in [4.78, 5) is 0. The van der Waals surface area contributed by atoms with Gasteiger partial charge in [-0.05, 0) is 17.7 Å². The van der Waals surface area contributed by atoms with Gasteiger partial charge in [0.05, 0.1) is 12.1 Å². The fourth-order valence-corrected chi connectivity index (χ4v) is 1.79. The molecule has 0 bridgehead atoms. The Morgan fingerprint density at radius 1 is 0.875 bits per heavy atom. The smallest absolute Gasteiger partial charge is 0.113 e. The quantitative estimate of drug-likeness (QED) is 0.608. The number of hydrogen-bond donors (Lipinski definition) is 0. The lowest BCUT2D eigenvalue weighted by Gasteiger charge is -2.01. The lowest BCUT2D eigenvalue weighted by Crippen LogP contribution is -2.01. The minimum Gasteiger partial charge on any atom is -0.240 e. The Kier molecular flexibility index (Phi) is 2.14. The number of nitrogens with zero attached hydrogens (tertiary/aromatic N) is 3. The van der Waals surface area contributed by atoms with Crippen molar-refractivity contribution in [3.05, 3.63) is 60.2 Å². The van der Waals surface area contributed by atoms with E-state index in [1.54, 1.807) is 0 Å². The van der Waals surface area contributed by atoms with Crippen LogP contribution >= 0.6 is 0 Å². The van der Waals surface area contributed by atoms with Crippen LogP contribution in [0.3, 0.4) is 0 Å². The van der Waals surface area contributed by atoms with Crippen molar-refractivity contribution in [3.8, 4) is 0 Å². The van der Waals surface area contributed by atoms with Gasteiger partial charge in [-0.25, -0.2) is 4.68 Å². The van der Waals surface area contributed by atoms with Gasteiger partial charge in [0.15, 0.2) is 0 Å². The standard InChI is InChI=1S/C13H11N3/c1-2-6-11(7-3-1)10-16-13-9-5-4-8-12(13)14-15-16/h1-9H,10H2/i10+1. The monoisotopic (exact) mass is 210 g/mol. The van der Waals surface area contributed by atoms with Crippen LogP contribution in [-0.2, 0) is 6.54 Å². The summed E-state index contributed by atoms with van der Waals surface area (Å²) < 4.78 is 1.92. The van der Waals surface area contributed by atoms with Crippen molar-refractivity contribution < 1.29 is 0 Å². The van der Waals surface area contributed by atoms with Gasteiger partial charge in [-0.1, -0.05) is 47.7 Å². The molecule has 0 aliphatic heterocycles. The third-order valence-corrected chi connectivity index (χ3v) is 2.60. The molecule has 0 saturated heterocycles.